The van der Waals surface area contributed by atoms with Crippen LogP contribution in [0.4, 0.5) is 26.3 Å². The molecule has 4 unspecified atom stereocenters. The number of para-hydroxylation sites is 1. The number of nitrogens with zero attached hydrogens (tertiary/aromatic N) is 4. The van der Waals surface area contributed by atoms with Crippen LogP contribution in [-0.2, 0) is 27.4 Å². The summed E-state index contributed by atoms with van der Waals surface area (Å²) in [5, 5.41) is 21.1. The van der Waals surface area contributed by atoms with Gasteiger partial charge in [-0.25, -0.2) is 0 Å². The lowest BCUT2D eigenvalue weighted by atomic mass is 9.73. The lowest BCUT2D eigenvalue weighted by Gasteiger charge is -2.42. The van der Waals surface area contributed by atoms with Crippen molar-refractivity contribution in [2.24, 2.45) is 5.92 Å². The van der Waals surface area contributed by atoms with Gasteiger partial charge >= 0.3 is 18.3 Å². The number of amides is 2. The van der Waals surface area contributed by atoms with E-state index >= 15 is 0 Å². The third-order valence-electron chi connectivity index (χ3n) is 10.3. The van der Waals surface area contributed by atoms with E-state index in [2.05, 4.69) is 11.1 Å². The number of aliphatic carboxylic acids is 1. The van der Waals surface area contributed by atoms with Gasteiger partial charge < -0.3 is 24.4 Å². The maximum Gasteiger partial charge on any atom is 0.425 e. The molecule has 2 aromatic heterocycles. The van der Waals surface area contributed by atoms with E-state index in [1.54, 1.807) is 38.1 Å². The minimum absolute atomic E-state index is 0.0123. The highest BCUT2D eigenvalue weighted by molar-refractivity contribution is 7.10. The van der Waals surface area contributed by atoms with E-state index in [1.807, 2.05) is 0 Å². The van der Waals surface area contributed by atoms with Gasteiger partial charge in [-0.05, 0) is 63.1 Å². The number of carbonyl (C=O) groups is 3. The fourth-order valence-corrected chi connectivity index (χ4v) is 8.17. The number of thiophene rings is 1. The summed E-state index contributed by atoms with van der Waals surface area (Å²) >= 11 is 0.344. The van der Waals surface area contributed by atoms with Crippen molar-refractivity contribution in [2.75, 3.05) is 19.6 Å². The van der Waals surface area contributed by atoms with Crippen molar-refractivity contribution in [3.05, 3.63) is 75.7 Å². The van der Waals surface area contributed by atoms with E-state index in [1.165, 1.54) is 4.90 Å². The van der Waals surface area contributed by atoms with E-state index in [0.717, 1.165) is 34.7 Å². The van der Waals surface area contributed by atoms with E-state index in [4.69, 9.17) is 9.47 Å². The SMILES string of the molecule is CCCC(C(Oc1csc(C(F)(F)F)c1)C(=O)N1CCC(C#N)(c2ccccc2OC2CCC(C(=O)O)C2)CC1)N(CCC)C(=O)c1ncccc1C(F)(F)F. The summed E-state index contributed by atoms with van der Waals surface area (Å²) in [5.41, 5.74) is -2.73. The predicted octanol–water partition coefficient (Wildman–Crippen LogP) is 8.37. The summed E-state index contributed by atoms with van der Waals surface area (Å²) in [6.45, 7) is 3.27. The lowest BCUT2D eigenvalue weighted by Crippen LogP contribution is -2.58. The van der Waals surface area contributed by atoms with Gasteiger partial charge in [0.05, 0.1) is 35.1 Å². The zero-order valence-corrected chi connectivity index (χ0v) is 31.6. The third-order valence-corrected chi connectivity index (χ3v) is 11.3. The molecule has 4 atom stereocenters. The van der Waals surface area contributed by atoms with Crippen molar-refractivity contribution in [1.82, 2.24) is 14.8 Å². The number of rotatable bonds is 14. The number of hydrogen-bond acceptors (Lipinski definition) is 8. The molecule has 0 radical (unpaired) electrons. The minimum atomic E-state index is -4.93. The number of alkyl halides is 6. The molecule has 10 nitrogen and oxygen atoms in total. The second kappa shape index (κ2) is 17.5. The Labute approximate surface area is 324 Å². The van der Waals surface area contributed by atoms with Crippen molar-refractivity contribution in [2.45, 2.75) is 101 Å². The Morgan fingerprint density at radius 2 is 1.77 bits per heavy atom. The van der Waals surface area contributed by atoms with Crippen molar-refractivity contribution in [3.63, 3.8) is 0 Å². The highest BCUT2D eigenvalue weighted by atomic mass is 32.1. The molecular formula is C39H42F6N4O6S. The number of benzene rings is 1. The van der Waals surface area contributed by atoms with Crippen LogP contribution in [0.3, 0.4) is 0 Å². The number of ether oxygens (including phenoxy) is 2. The number of nitriles is 1. The van der Waals surface area contributed by atoms with E-state index in [0.29, 0.717) is 48.3 Å². The van der Waals surface area contributed by atoms with Crippen LogP contribution in [-0.4, -0.2) is 75.6 Å². The first-order valence-corrected chi connectivity index (χ1v) is 19.3. The number of aromatic nitrogens is 1. The molecule has 302 valence electrons. The van der Waals surface area contributed by atoms with Crippen molar-refractivity contribution >= 4 is 29.1 Å². The van der Waals surface area contributed by atoms with Crippen LogP contribution in [0.5, 0.6) is 11.5 Å². The van der Waals surface area contributed by atoms with Crippen LogP contribution in [0, 0.1) is 17.2 Å². The minimum Gasteiger partial charge on any atom is -0.490 e. The molecule has 5 rings (SSSR count). The first-order valence-electron chi connectivity index (χ1n) is 18.4. The van der Waals surface area contributed by atoms with Crippen LogP contribution in [0.1, 0.15) is 91.7 Å². The van der Waals surface area contributed by atoms with Gasteiger partial charge in [-0.1, -0.05) is 38.5 Å². The molecule has 2 aliphatic rings. The zero-order chi connectivity index (χ0) is 40.8. The van der Waals surface area contributed by atoms with Crippen LogP contribution in [0.2, 0.25) is 0 Å². The van der Waals surface area contributed by atoms with E-state index < -0.39 is 69.7 Å². The zero-order valence-electron chi connectivity index (χ0n) is 30.7. The molecule has 3 heterocycles. The molecule has 56 heavy (non-hydrogen) atoms. The largest absolute Gasteiger partial charge is 0.490 e. The molecule has 0 spiro atoms. The van der Waals surface area contributed by atoms with Crippen LogP contribution in [0.25, 0.3) is 0 Å². The second-order valence-electron chi connectivity index (χ2n) is 14.0. The topological polar surface area (TPSA) is 133 Å². The summed E-state index contributed by atoms with van der Waals surface area (Å²) in [6, 6.07) is 10.6. The number of carboxylic acid groups (broad SMARTS) is 1. The monoisotopic (exact) mass is 808 g/mol. The van der Waals surface area contributed by atoms with Gasteiger partial charge in [0.1, 0.15) is 22.1 Å². The normalized spacial score (nSPS) is 19.4. The summed E-state index contributed by atoms with van der Waals surface area (Å²) in [7, 11) is 0. The van der Waals surface area contributed by atoms with Gasteiger partial charge in [0.25, 0.3) is 11.8 Å². The summed E-state index contributed by atoms with van der Waals surface area (Å²) in [6.07, 6.45) is -8.48. The molecule has 2 fully saturated rings. The number of likely N-dealkylation sites (tertiary alicyclic amines) is 1. The molecule has 2 amide bonds. The maximum absolute atomic E-state index is 14.6. The number of carbonyl (C=O) groups excluding carboxylic acids is 2. The quantitative estimate of drug-likeness (QED) is 0.161. The third kappa shape index (κ3) is 9.39. The second-order valence-corrected chi connectivity index (χ2v) is 14.9. The van der Waals surface area contributed by atoms with E-state index in [-0.39, 0.29) is 57.2 Å². The average molecular weight is 809 g/mol. The standard InChI is InChI=1S/C39H42F6N4O6S/c1-3-8-29(49(17-4-2)34(50)32-28(38(40,41)42)10-7-16-47-32)33(55-26-21-31(56-22-26)39(43,44)45)35(51)48-18-14-37(23-46,15-19-48)27-9-5-6-11-30(27)54-25-13-12-24(20-25)36(52)53/h5-7,9-11,16,21-22,24-25,29,33H,3-4,8,12-15,17-20H2,1-2H3,(H,52,53). The highest BCUT2D eigenvalue weighted by Crippen LogP contribution is 2.43. The van der Waals surface area contributed by atoms with Gasteiger partial charge in [-0.15, -0.1) is 11.3 Å². The summed E-state index contributed by atoms with van der Waals surface area (Å²) < 4.78 is 95.4. The summed E-state index contributed by atoms with van der Waals surface area (Å²) in [4.78, 5) is 45.5. The predicted molar refractivity (Wildman–Crippen MR) is 192 cm³/mol. The molecule has 1 saturated heterocycles. The smallest absolute Gasteiger partial charge is 0.425 e. The Bertz CT molecular complexity index is 1900. The van der Waals surface area contributed by atoms with Crippen LogP contribution in [0.15, 0.2) is 54.0 Å². The van der Waals surface area contributed by atoms with Gasteiger partial charge in [0, 0.05) is 42.8 Å². The fraction of sp³-hybridized carbons (Fsp3) is 0.513. The number of hydrogen-bond donors (Lipinski definition) is 1. The number of pyridine rings is 1. The number of piperidine rings is 1. The van der Waals surface area contributed by atoms with Crippen LogP contribution >= 0.6 is 11.3 Å². The Hall–Kier alpha value is -4.85. The molecule has 1 aliphatic heterocycles. The van der Waals surface area contributed by atoms with Crippen LogP contribution < -0.4 is 9.47 Å². The van der Waals surface area contributed by atoms with Crippen molar-refractivity contribution < 1.29 is 55.3 Å². The van der Waals surface area contributed by atoms with Gasteiger partial charge in [-0.2, -0.15) is 31.6 Å². The fourth-order valence-electron chi connectivity index (χ4n) is 7.48. The lowest BCUT2D eigenvalue weighted by molar-refractivity contribution is -0.144. The molecule has 1 saturated carbocycles. The van der Waals surface area contributed by atoms with Gasteiger partial charge in [0.15, 0.2) is 6.10 Å². The highest BCUT2D eigenvalue weighted by Gasteiger charge is 2.46. The molecule has 17 heteroatoms. The Morgan fingerprint density at radius 3 is 2.36 bits per heavy atom. The molecule has 0 bridgehead atoms. The number of halogens is 6. The molecule has 1 N–H and O–H groups in total. The maximum atomic E-state index is 14.6. The molecule has 3 aromatic rings. The molecule has 1 aromatic carbocycles. The van der Waals surface area contributed by atoms with Crippen molar-refractivity contribution in [1.29, 1.82) is 5.26 Å². The Balaban J connectivity index is 1.47. The summed E-state index contributed by atoms with van der Waals surface area (Å²) in [5.74, 6) is -3.14. The molecule has 1 aliphatic carbocycles. The van der Waals surface area contributed by atoms with Crippen molar-refractivity contribution in [3.8, 4) is 17.6 Å². The van der Waals surface area contributed by atoms with Gasteiger partial charge in [-0.3, -0.25) is 19.4 Å². The Kier molecular flexibility index (Phi) is 13.2. The van der Waals surface area contributed by atoms with Gasteiger partial charge in [0.2, 0.25) is 0 Å². The first-order chi connectivity index (χ1) is 26.5. The molecular weight excluding hydrogens is 767 g/mol. The first kappa shape index (κ1) is 42.3. The number of carboxylic acids is 1. The van der Waals surface area contributed by atoms with E-state index in [9.17, 15) is 51.1 Å². The average Bonchev–Trinajstić information content (AvgIpc) is 3.85. The Morgan fingerprint density at radius 1 is 1.05 bits per heavy atom.